The highest BCUT2D eigenvalue weighted by Crippen LogP contribution is 2.37. The van der Waals surface area contributed by atoms with Crippen molar-refractivity contribution in [3.8, 4) is 0 Å². The molecule has 0 spiro atoms. The summed E-state index contributed by atoms with van der Waals surface area (Å²) in [4.78, 5) is 35.7. The minimum Gasteiger partial charge on any atom is -0.481 e. The van der Waals surface area contributed by atoms with E-state index in [1.165, 1.54) is 0 Å². The third kappa shape index (κ3) is 20.7. The maximum Gasteiger partial charge on any atom is 0.309 e. The standard InChI is InChI=1S/C23H44N2O5S.C5H14NOP/c1-16(2)14-18(26)24-12-11-23(8,9)30-13-10-17(3)25-31-20(29)22(6,7)15-21(4,5)19(27)28;1-5(2,6-8)3-4-7/h16-17,25H,10-15H2,1-9H3,(H,24,26)(H,27,28);6-7H,3-4,8H2,1-2H3. The van der Waals surface area contributed by atoms with Crippen LogP contribution in [0.3, 0.4) is 0 Å². The van der Waals surface area contributed by atoms with Crippen LogP contribution in [0.15, 0.2) is 0 Å². The molecule has 0 aromatic heterocycles. The number of nitrogens with one attached hydrogen (secondary N) is 3. The molecule has 0 aliphatic heterocycles. The number of carboxylic acid groups (broad SMARTS) is 1. The molecule has 0 bridgehead atoms. The molecule has 0 fully saturated rings. The molecular weight excluding hydrogens is 537 g/mol. The van der Waals surface area contributed by atoms with Crippen molar-refractivity contribution in [3.05, 3.63) is 0 Å². The van der Waals surface area contributed by atoms with E-state index in [0.29, 0.717) is 25.5 Å². The fourth-order valence-corrected chi connectivity index (χ4v) is 4.40. The first-order valence-corrected chi connectivity index (χ1v) is 15.2. The lowest BCUT2D eigenvalue weighted by molar-refractivity contribution is -0.149. The van der Waals surface area contributed by atoms with Gasteiger partial charge in [0.1, 0.15) is 0 Å². The fraction of sp³-hybridized carbons (Fsp3) is 0.893. The minimum absolute atomic E-state index is 0.0544. The number of carbonyl (C=O) groups is 3. The zero-order chi connectivity index (χ0) is 31.1. The number of aliphatic carboxylic acids is 1. The second-order valence-corrected chi connectivity index (χ2v) is 14.4. The van der Waals surface area contributed by atoms with Crippen molar-refractivity contribution < 1.29 is 29.3 Å². The summed E-state index contributed by atoms with van der Waals surface area (Å²) < 4.78 is 9.13. The molecule has 0 aliphatic rings. The summed E-state index contributed by atoms with van der Waals surface area (Å²) in [5.41, 5.74) is -2.01. The average molecular weight is 596 g/mol. The van der Waals surface area contributed by atoms with Crippen LogP contribution in [0.5, 0.6) is 0 Å². The SMILES string of the molecule is CC(C)(CCO)NP.CC(C)CC(=O)NCCC(C)(C)OCCC(C)NSC(=O)C(C)(C)CC(C)(C)C(=O)O. The molecule has 0 aromatic carbocycles. The van der Waals surface area contributed by atoms with Crippen molar-refractivity contribution >= 4 is 38.3 Å². The first kappa shape index (κ1) is 40.4. The van der Waals surface area contributed by atoms with Crippen LogP contribution in [0.25, 0.3) is 0 Å². The quantitative estimate of drug-likeness (QED) is 0.110. The van der Waals surface area contributed by atoms with Gasteiger partial charge >= 0.3 is 5.97 Å². The van der Waals surface area contributed by atoms with Gasteiger partial charge in [0, 0.05) is 43.2 Å². The number of rotatable bonds is 18. The molecule has 1 amide bonds. The highest BCUT2D eigenvalue weighted by molar-refractivity contribution is 8.12. The third-order valence-corrected chi connectivity index (χ3v) is 8.22. The monoisotopic (exact) mass is 595 g/mol. The minimum atomic E-state index is -0.959. The van der Waals surface area contributed by atoms with Crippen LogP contribution in [-0.4, -0.2) is 64.1 Å². The van der Waals surface area contributed by atoms with E-state index < -0.39 is 16.8 Å². The van der Waals surface area contributed by atoms with Gasteiger partial charge in [-0.3, -0.25) is 24.2 Å². The van der Waals surface area contributed by atoms with E-state index in [1.54, 1.807) is 27.7 Å². The van der Waals surface area contributed by atoms with Gasteiger partial charge < -0.3 is 20.3 Å². The van der Waals surface area contributed by atoms with Crippen molar-refractivity contribution in [3.63, 3.8) is 0 Å². The largest absolute Gasteiger partial charge is 0.481 e. The van der Waals surface area contributed by atoms with Gasteiger partial charge in [-0.25, -0.2) is 0 Å². The Morgan fingerprint density at radius 2 is 1.51 bits per heavy atom. The maximum atomic E-state index is 12.6. The molecule has 11 heteroatoms. The number of carbonyl (C=O) groups excluding carboxylic acids is 2. The summed E-state index contributed by atoms with van der Waals surface area (Å²) in [5, 5.41) is 23.7. The summed E-state index contributed by atoms with van der Waals surface area (Å²) in [6, 6.07) is 0.0544. The molecule has 0 rings (SSSR count). The van der Waals surface area contributed by atoms with E-state index in [1.807, 2.05) is 48.5 Å². The smallest absolute Gasteiger partial charge is 0.309 e. The normalized spacial score (nSPS) is 13.5. The Hall–Kier alpha value is -0.770. The predicted molar refractivity (Wildman–Crippen MR) is 165 cm³/mol. The van der Waals surface area contributed by atoms with Gasteiger partial charge in [-0.2, -0.15) is 0 Å². The number of aliphatic hydroxyl groups is 1. The van der Waals surface area contributed by atoms with Gasteiger partial charge in [0.2, 0.25) is 11.0 Å². The average Bonchev–Trinajstić information content (AvgIpc) is 2.76. The number of amides is 1. The summed E-state index contributed by atoms with van der Waals surface area (Å²) >= 11 is 1.04. The van der Waals surface area contributed by atoms with Gasteiger partial charge in [-0.15, -0.1) is 0 Å². The second-order valence-electron chi connectivity index (χ2n) is 13.3. The van der Waals surface area contributed by atoms with Crippen molar-refractivity contribution in [1.29, 1.82) is 0 Å². The lowest BCUT2D eigenvalue weighted by atomic mass is 9.76. The van der Waals surface area contributed by atoms with Crippen molar-refractivity contribution in [1.82, 2.24) is 15.1 Å². The Kier molecular flexibility index (Phi) is 19.3. The number of hydrogen-bond donors (Lipinski definition) is 5. The summed E-state index contributed by atoms with van der Waals surface area (Å²) in [7, 11) is 2.44. The lowest BCUT2D eigenvalue weighted by Crippen LogP contribution is -2.36. The Balaban J connectivity index is 0. The molecule has 2 unspecified atom stereocenters. The number of carboxylic acids is 1. The van der Waals surface area contributed by atoms with Crippen LogP contribution in [0.1, 0.15) is 108 Å². The molecule has 0 radical (unpaired) electrons. The molecule has 9 nitrogen and oxygen atoms in total. The molecule has 39 heavy (non-hydrogen) atoms. The molecular formula is C28H58N3O6PS. The van der Waals surface area contributed by atoms with Crippen LogP contribution in [0, 0.1) is 16.7 Å². The number of hydrogen-bond acceptors (Lipinski definition) is 8. The van der Waals surface area contributed by atoms with E-state index >= 15 is 0 Å². The van der Waals surface area contributed by atoms with Gasteiger partial charge in [-0.05, 0) is 92.0 Å². The molecule has 0 aromatic rings. The highest BCUT2D eigenvalue weighted by Gasteiger charge is 2.39. The molecule has 2 atom stereocenters. The van der Waals surface area contributed by atoms with Crippen LogP contribution in [0.4, 0.5) is 0 Å². The lowest BCUT2D eigenvalue weighted by Gasteiger charge is -2.30. The molecule has 0 saturated carbocycles. The van der Waals surface area contributed by atoms with Crippen LogP contribution >= 0.6 is 21.3 Å². The summed E-state index contributed by atoms with van der Waals surface area (Å²) in [6.45, 7) is 22.3. The van der Waals surface area contributed by atoms with Crippen molar-refractivity contribution in [2.45, 2.75) is 125 Å². The fourth-order valence-electron chi connectivity index (χ4n) is 3.49. The Morgan fingerprint density at radius 3 is 1.95 bits per heavy atom. The Bertz CT molecular complexity index is 745. The zero-order valence-corrected chi connectivity index (χ0v) is 28.3. The second kappa shape index (κ2) is 18.6. The first-order valence-electron chi connectivity index (χ1n) is 13.8. The van der Waals surface area contributed by atoms with Crippen LogP contribution in [0.2, 0.25) is 0 Å². The topological polar surface area (TPSA) is 137 Å². The van der Waals surface area contributed by atoms with E-state index in [9.17, 15) is 19.5 Å². The van der Waals surface area contributed by atoms with E-state index in [0.717, 1.165) is 31.2 Å². The zero-order valence-electron chi connectivity index (χ0n) is 26.3. The van der Waals surface area contributed by atoms with Gasteiger partial charge in [0.05, 0.1) is 11.0 Å². The highest BCUT2D eigenvalue weighted by atomic mass is 32.2. The van der Waals surface area contributed by atoms with E-state index in [4.69, 9.17) is 9.84 Å². The van der Waals surface area contributed by atoms with E-state index in [-0.39, 0.29) is 41.2 Å². The molecule has 0 heterocycles. The summed E-state index contributed by atoms with van der Waals surface area (Å²) in [5.74, 6) is -0.490. The first-order chi connectivity index (χ1) is 17.6. The number of ether oxygens (including phenoxy) is 1. The third-order valence-electron chi connectivity index (χ3n) is 6.18. The Labute approximate surface area is 244 Å². The molecule has 5 N–H and O–H groups in total. The maximum absolute atomic E-state index is 12.6. The summed E-state index contributed by atoms with van der Waals surface area (Å²) in [6.07, 6.45) is 3.04. The van der Waals surface area contributed by atoms with Crippen LogP contribution in [-0.2, 0) is 19.1 Å². The van der Waals surface area contributed by atoms with Gasteiger partial charge in [-0.1, -0.05) is 37.1 Å². The van der Waals surface area contributed by atoms with Gasteiger partial charge in [0.15, 0.2) is 0 Å². The molecule has 0 aliphatic carbocycles. The number of aliphatic hydroxyl groups excluding tert-OH is 1. The predicted octanol–water partition coefficient (Wildman–Crippen LogP) is 4.93. The van der Waals surface area contributed by atoms with Gasteiger partial charge in [0.25, 0.3) is 0 Å². The van der Waals surface area contributed by atoms with Crippen LogP contribution < -0.4 is 15.1 Å². The molecule has 0 saturated heterocycles. The Morgan fingerprint density at radius 1 is 0.949 bits per heavy atom. The van der Waals surface area contributed by atoms with E-state index in [2.05, 4.69) is 24.5 Å². The van der Waals surface area contributed by atoms with Crippen molar-refractivity contribution in [2.75, 3.05) is 19.8 Å². The molecule has 232 valence electrons. The van der Waals surface area contributed by atoms with Crippen molar-refractivity contribution in [2.24, 2.45) is 16.7 Å².